The van der Waals surface area contributed by atoms with Crippen LogP contribution in [0.4, 0.5) is 0 Å². The number of carbonyl (C=O) groups excluding carboxylic acids is 2. The van der Waals surface area contributed by atoms with E-state index >= 15 is 0 Å². The monoisotopic (exact) mass is 408 g/mol. The molecule has 0 aromatic rings. The average Bonchev–Trinajstić information content (AvgIpc) is 2.64. The van der Waals surface area contributed by atoms with Gasteiger partial charge in [-0.2, -0.15) is 0 Å². The van der Waals surface area contributed by atoms with E-state index < -0.39 is 17.4 Å². The maximum absolute atomic E-state index is 9.93. The Morgan fingerprint density at radius 2 is 1.31 bits per heavy atom. The number of hydrogen-bond donors (Lipinski definition) is 0. The van der Waals surface area contributed by atoms with Crippen LogP contribution in [0.3, 0.4) is 0 Å². The molecular weight excluding hydrogens is 376 g/mol. The van der Waals surface area contributed by atoms with Crippen molar-refractivity contribution in [3.05, 3.63) is 0 Å². The smallest absolute Gasteiger partial charge is 0.397 e. The summed E-state index contributed by atoms with van der Waals surface area (Å²) in [6.07, 6.45) is 3.99. The summed E-state index contributed by atoms with van der Waals surface area (Å²) in [6.45, 7) is 9.75. The molecule has 0 aliphatic rings. The van der Waals surface area contributed by atoms with E-state index in [4.69, 9.17) is 22.1 Å². The van der Waals surface area contributed by atoms with Crippen LogP contribution in [0, 0.1) is 0 Å². The van der Waals surface area contributed by atoms with E-state index in [1.807, 2.05) is 27.3 Å². The first-order chi connectivity index (χ1) is 12.4. The first kappa shape index (κ1) is 27.2. The molecule has 0 aliphatic heterocycles. The lowest BCUT2D eigenvalue weighted by Gasteiger charge is -2.28. The molecule has 0 N–H and O–H groups in total. The summed E-state index contributed by atoms with van der Waals surface area (Å²) in [5, 5.41) is 0. The summed E-state index contributed by atoms with van der Waals surface area (Å²) >= 11 is 0. The summed E-state index contributed by atoms with van der Waals surface area (Å²) in [4.78, 5) is 26.5. The molecule has 0 atom stereocenters. The van der Waals surface area contributed by atoms with Crippen LogP contribution in [0.25, 0.3) is 0 Å². The molecule has 0 heterocycles. The molecule has 0 amide bonds. The summed E-state index contributed by atoms with van der Waals surface area (Å²) in [6, 6.07) is 0.688. The fourth-order valence-corrected chi connectivity index (χ4v) is 5.18. The minimum absolute atomic E-state index is 0.309. The molecule has 0 aliphatic carbocycles. The molecule has 152 valence electrons. The molecule has 26 heavy (non-hydrogen) atoms. The average molecular weight is 409 g/mol. The Morgan fingerprint density at radius 3 is 1.65 bits per heavy atom. The Balaban J connectivity index is 0. The van der Waals surface area contributed by atoms with Gasteiger partial charge in [-0.3, -0.25) is 0 Å². The highest BCUT2D eigenvalue weighted by atomic mass is 28.4. The summed E-state index contributed by atoms with van der Waals surface area (Å²) in [5.41, 5.74) is 0. The van der Waals surface area contributed by atoms with E-state index in [1.165, 1.54) is 12.2 Å². The van der Waals surface area contributed by atoms with Crippen molar-refractivity contribution in [1.29, 1.82) is 0 Å². The maximum Gasteiger partial charge on any atom is 0.500 e. The third kappa shape index (κ3) is 13.2. The summed E-state index contributed by atoms with van der Waals surface area (Å²) in [7, 11) is -1.58. The fraction of sp³-hybridized carbons (Fsp3) is 0.867. The lowest BCUT2D eigenvalue weighted by molar-refractivity contribution is 0.0710. The largest absolute Gasteiger partial charge is 0.500 e. The SMILES string of the molecule is CCO[Si](CCCN=C=O)(OCC)OCC.CO[Si](C)(CN=C=O)OC. The van der Waals surface area contributed by atoms with Crippen LogP contribution in [-0.2, 0) is 31.7 Å². The Bertz CT molecular complexity index is 421. The van der Waals surface area contributed by atoms with Gasteiger partial charge in [0.2, 0.25) is 12.2 Å². The maximum atomic E-state index is 9.93. The van der Waals surface area contributed by atoms with Gasteiger partial charge in [0, 0.05) is 40.1 Å². The van der Waals surface area contributed by atoms with Crippen LogP contribution >= 0.6 is 0 Å². The fourth-order valence-electron chi connectivity index (χ4n) is 1.81. The molecule has 0 bridgehead atoms. The Kier molecular flexibility index (Phi) is 18.2. The second-order valence-corrected chi connectivity index (χ2v) is 11.1. The zero-order valence-electron chi connectivity index (χ0n) is 16.7. The first-order valence-corrected chi connectivity index (χ1v) is 13.0. The van der Waals surface area contributed by atoms with Crippen LogP contribution in [0.2, 0.25) is 12.6 Å². The van der Waals surface area contributed by atoms with Gasteiger partial charge in [0.05, 0.1) is 12.7 Å². The van der Waals surface area contributed by atoms with Crippen LogP contribution in [0.5, 0.6) is 0 Å². The van der Waals surface area contributed by atoms with Crippen LogP contribution in [-0.4, -0.2) is 76.3 Å². The standard InChI is InChI=1S/C10H21NO4Si.C5H11NO3Si/c1-4-13-16(14-5-2,15-6-3)9-7-8-11-10-12;1-8-10(3,9-2)5-6-4-7/h4-9H2,1-3H3;5H2,1-3H3. The van der Waals surface area contributed by atoms with Crippen molar-refractivity contribution < 1.29 is 31.7 Å². The van der Waals surface area contributed by atoms with Crippen LogP contribution in [0.1, 0.15) is 27.2 Å². The lowest BCUT2D eigenvalue weighted by atomic mass is 10.5. The van der Waals surface area contributed by atoms with E-state index in [9.17, 15) is 9.59 Å². The molecule has 0 saturated carbocycles. The number of rotatable bonds is 14. The van der Waals surface area contributed by atoms with Gasteiger partial charge in [0.1, 0.15) is 0 Å². The third-order valence-corrected chi connectivity index (χ3v) is 8.82. The van der Waals surface area contributed by atoms with Crippen molar-refractivity contribution in [3.63, 3.8) is 0 Å². The van der Waals surface area contributed by atoms with E-state index in [0.717, 1.165) is 6.42 Å². The molecular formula is C15H32N2O7Si2. The quantitative estimate of drug-likeness (QED) is 0.187. The number of nitrogens with zero attached hydrogens (tertiary/aromatic N) is 2. The number of aliphatic imine (C=N–C) groups is 2. The van der Waals surface area contributed by atoms with Crippen molar-refractivity contribution in [3.8, 4) is 0 Å². The second kappa shape index (κ2) is 17.4. The van der Waals surface area contributed by atoms with Gasteiger partial charge in [-0.15, -0.1) is 0 Å². The molecule has 0 fully saturated rings. The molecule has 0 unspecified atom stereocenters. The van der Waals surface area contributed by atoms with Gasteiger partial charge in [-0.25, -0.2) is 19.6 Å². The van der Waals surface area contributed by atoms with E-state index in [-0.39, 0.29) is 0 Å². The lowest BCUT2D eigenvalue weighted by Crippen LogP contribution is -2.46. The van der Waals surface area contributed by atoms with Crippen molar-refractivity contribution in [1.82, 2.24) is 0 Å². The zero-order valence-corrected chi connectivity index (χ0v) is 18.7. The third-order valence-electron chi connectivity index (χ3n) is 3.20. The highest BCUT2D eigenvalue weighted by Crippen LogP contribution is 2.18. The first-order valence-electron chi connectivity index (χ1n) is 8.52. The highest BCUT2D eigenvalue weighted by Gasteiger charge is 2.39. The predicted molar refractivity (Wildman–Crippen MR) is 102 cm³/mol. The highest BCUT2D eigenvalue weighted by molar-refractivity contribution is 6.66. The van der Waals surface area contributed by atoms with Gasteiger partial charge < -0.3 is 22.1 Å². The van der Waals surface area contributed by atoms with E-state index in [0.29, 0.717) is 38.6 Å². The van der Waals surface area contributed by atoms with E-state index in [1.54, 1.807) is 14.2 Å². The van der Waals surface area contributed by atoms with E-state index in [2.05, 4.69) is 9.98 Å². The number of isocyanates is 2. The van der Waals surface area contributed by atoms with Gasteiger partial charge >= 0.3 is 17.4 Å². The molecule has 0 saturated heterocycles. The molecule has 9 nitrogen and oxygen atoms in total. The molecule has 0 spiro atoms. The Labute approximate surface area is 158 Å². The number of hydrogen-bond acceptors (Lipinski definition) is 9. The minimum atomic E-state index is -2.54. The molecule has 0 radical (unpaired) electrons. The van der Waals surface area contributed by atoms with Crippen LogP contribution in [0.15, 0.2) is 9.98 Å². The van der Waals surface area contributed by atoms with Crippen molar-refractivity contribution >= 4 is 29.5 Å². The topological polar surface area (TPSA) is 105 Å². The van der Waals surface area contributed by atoms with Gasteiger partial charge in [-0.05, 0) is 33.7 Å². The predicted octanol–water partition coefficient (Wildman–Crippen LogP) is 1.99. The summed E-state index contributed by atoms with van der Waals surface area (Å²) < 4.78 is 27.0. The summed E-state index contributed by atoms with van der Waals surface area (Å²) in [5.74, 6) is 0. The van der Waals surface area contributed by atoms with Gasteiger partial charge in [-0.1, -0.05) is 0 Å². The molecule has 0 rings (SSSR count). The Morgan fingerprint density at radius 1 is 0.846 bits per heavy atom. The van der Waals surface area contributed by atoms with Gasteiger partial charge in [0.15, 0.2) is 0 Å². The second-order valence-electron chi connectivity index (χ2n) is 5.01. The van der Waals surface area contributed by atoms with Crippen molar-refractivity contribution in [2.45, 2.75) is 39.8 Å². The molecule has 0 aromatic heterocycles. The van der Waals surface area contributed by atoms with Gasteiger partial charge in [0.25, 0.3) is 0 Å². The zero-order chi connectivity index (χ0) is 20.3. The molecule has 0 aromatic carbocycles. The minimum Gasteiger partial charge on any atom is -0.397 e. The molecule has 11 heteroatoms. The van der Waals surface area contributed by atoms with Crippen LogP contribution < -0.4 is 0 Å². The van der Waals surface area contributed by atoms with Crippen molar-refractivity contribution in [2.75, 3.05) is 46.8 Å². The van der Waals surface area contributed by atoms with Crippen molar-refractivity contribution in [2.24, 2.45) is 9.98 Å². The normalized spacial score (nSPS) is 11.0. The Hall–Kier alpha value is -1.01.